The van der Waals surface area contributed by atoms with Gasteiger partial charge in [-0.05, 0) is 82.9 Å². The van der Waals surface area contributed by atoms with Crippen LogP contribution in [0.3, 0.4) is 0 Å². The van der Waals surface area contributed by atoms with Crippen molar-refractivity contribution >= 4 is 81.8 Å². The first-order chi connectivity index (χ1) is 42.5. The molecular formula is C68H38F4O14S2. The quantitative estimate of drug-likeness (QED) is 0.0249. The summed E-state index contributed by atoms with van der Waals surface area (Å²) in [7, 11) is 0. The summed E-state index contributed by atoms with van der Waals surface area (Å²) in [5.41, 5.74) is -6.90. The molecule has 0 amide bonds. The van der Waals surface area contributed by atoms with Crippen LogP contribution < -0.4 is 9.47 Å². The summed E-state index contributed by atoms with van der Waals surface area (Å²) in [5, 5.41) is 0. The van der Waals surface area contributed by atoms with E-state index in [-0.39, 0.29) is 53.3 Å². The van der Waals surface area contributed by atoms with Crippen molar-refractivity contribution in [3.8, 4) is 32.4 Å². The van der Waals surface area contributed by atoms with E-state index >= 15 is 19.2 Å². The van der Waals surface area contributed by atoms with E-state index in [1.54, 1.807) is 121 Å². The zero-order valence-corrected chi connectivity index (χ0v) is 46.8. The maximum Gasteiger partial charge on any atom is 0.367 e. The first-order valence-electron chi connectivity index (χ1n) is 26.8. The fourth-order valence-electron chi connectivity index (χ4n) is 10.7. The Bertz CT molecular complexity index is 4070. The molecule has 0 fully saturated rings. The van der Waals surface area contributed by atoms with Gasteiger partial charge in [0.05, 0.1) is 11.1 Å². The topological polar surface area (TPSA) is 192 Å². The van der Waals surface area contributed by atoms with Crippen molar-refractivity contribution in [1.29, 1.82) is 0 Å². The molecule has 0 saturated heterocycles. The summed E-state index contributed by atoms with van der Waals surface area (Å²) < 4.78 is 95.7. The van der Waals surface area contributed by atoms with Gasteiger partial charge in [-0.25, -0.2) is 36.7 Å². The lowest BCUT2D eigenvalue weighted by atomic mass is 9.85. The number of hydrogen-bond acceptors (Lipinski definition) is 16. The highest BCUT2D eigenvalue weighted by Gasteiger charge is 2.61. The van der Waals surface area contributed by atoms with E-state index in [2.05, 4.69) is 0 Å². The molecule has 13 rings (SSSR count). The Kier molecular flexibility index (Phi) is 14.3. The normalized spacial score (nSPS) is 14.5. The zero-order chi connectivity index (χ0) is 61.2. The van der Waals surface area contributed by atoms with Crippen molar-refractivity contribution in [2.24, 2.45) is 0 Å². The van der Waals surface area contributed by atoms with Crippen molar-refractivity contribution in [1.82, 2.24) is 0 Å². The van der Waals surface area contributed by atoms with Crippen LogP contribution in [0.2, 0.25) is 0 Å². The van der Waals surface area contributed by atoms with Gasteiger partial charge < -0.3 is 28.4 Å². The third kappa shape index (κ3) is 9.67. The Morgan fingerprint density at radius 1 is 0.375 bits per heavy atom. The summed E-state index contributed by atoms with van der Waals surface area (Å²) in [6.45, 7) is -1.59. The van der Waals surface area contributed by atoms with E-state index in [0.717, 1.165) is 34.8 Å². The third-order valence-corrected chi connectivity index (χ3v) is 17.2. The van der Waals surface area contributed by atoms with Crippen LogP contribution in [0.25, 0.3) is 33.0 Å². The highest BCUT2D eigenvalue weighted by molar-refractivity contribution is 7.17. The zero-order valence-electron chi connectivity index (χ0n) is 45.2. The monoisotopic (exact) mass is 1220 g/mol. The molecule has 0 radical (unpaired) electrons. The minimum atomic E-state index is -2.89. The van der Waals surface area contributed by atoms with E-state index in [4.69, 9.17) is 28.4 Å². The number of fused-ring (bicyclic) bond motifs is 8. The smallest absolute Gasteiger partial charge is 0.367 e. The third-order valence-electron chi connectivity index (χ3n) is 15.0. The molecule has 2 aromatic heterocycles. The summed E-state index contributed by atoms with van der Waals surface area (Å²) in [5.74, 6) is -15.0. The van der Waals surface area contributed by atoms with Crippen LogP contribution in [0.1, 0.15) is 84.6 Å². The van der Waals surface area contributed by atoms with E-state index in [1.165, 1.54) is 24.3 Å². The number of hydrogen-bond donors (Lipinski definition) is 0. The standard InChI is InChI=1S/C68H38F4O14S2/c69-51-25-41-42(26-52(51)70)58(74)47(57(41)73)21-39-23-49-61(87-39)45-30-56-46(29-55(45)85-67(49,63(77)81-31-35-13-5-1-6-14-35)64(78)82-32-36-15-7-2-8-16-36)62-50(24-40(88-62)22-48-59(75)43-27-53(71)54(72)28-44(43)60(48)76)68(86-56,65(79)83-33-37-17-9-3-10-18-37)66(80)84-34-38-19-11-4-12-20-38/h1-30H,31-34H2. The average molecular weight is 1220 g/mol. The first kappa shape index (κ1) is 56.4. The highest BCUT2D eigenvalue weighted by atomic mass is 32.1. The number of benzene rings is 7. The van der Waals surface area contributed by atoms with Gasteiger partial charge in [-0.1, -0.05) is 121 Å². The molecule has 20 heteroatoms. The fourth-order valence-corrected chi connectivity index (χ4v) is 13.0. The average Bonchev–Trinajstić information content (AvgIpc) is 1.76. The lowest BCUT2D eigenvalue weighted by molar-refractivity contribution is -0.185. The van der Waals surface area contributed by atoms with Crippen LogP contribution in [0, 0.1) is 23.3 Å². The number of rotatable bonds is 14. The molecule has 2 aliphatic heterocycles. The van der Waals surface area contributed by atoms with Crippen molar-refractivity contribution in [2.75, 3.05) is 0 Å². The minimum Gasteiger partial charge on any atom is -0.459 e. The molecule has 9 aromatic rings. The molecule has 0 bridgehead atoms. The molecule has 7 aromatic carbocycles. The van der Waals surface area contributed by atoms with Crippen molar-refractivity contribution < 1.29 is 84.3 Å². The summed E-state index contributed by atoms with van der Waals surface area (Å²) >= 11 is 1.64. The number of carbonyl (C=O) groups is 8. The fraction of sp³-hybridized carbons (Fsp3) is 0.0882. The van der Waals surface area contributed by atoms with Gasteiger partial charge in [0.25, 0.3) is 0 Å². The van der Waals surface area contributed by atoms with Gasteiger partial charge in [0, 0.05) is 64.0 Å². The molecule has 0 spiro atoms. The summed E-state index contributed by atoms with van der Waals surface area (Å²) in [6, 6.07) is 41.5. The second-order valence-corrected chi connectivity index (χ2v) is 22.7. The minimum absolute atomic E-state index is 0.0202. The molecule has 0 N–H and O–H groups in total. The van der Waals surface area contributed by atoms with Crippen LogP contribution >= 0.6 is 22.7 Å². The van der Waals surface area contributed by atoms with Crippen molar-refractivity contribution in [3.05, 3.63) is 270 Å². The van der Waals surface area contributed by atoms with E-state index < -0.39 is 141 Å². The Morgan fingerprint density at radius 2 is 0.636 bits per heavy atom. The number of Topliss-reactive ketones (excluding diaryl/α,β-unsaturated/α-hetero) is 4. The number of halogens is 4. The highest BCUT2D eigenvalue weighted by Crippen LogP contribution is 2.58. The van der Waals surface area contributed by atoms with Crippen molar-refractivity contribution in [2.45, 2.75) is 37.6 Å². The SMILES string of the molecule is O=C1C(=Cc2cc3c(s2)-c2cc4c(cc2OC3(C(=O)OCc2ccccc2)C(=O)OCc2ccccc2)-c2sc(C=C3C(=O)c5cc(F)c(F)cc5C3=O)cc2C(C(=O)OCc2ccccc2)(C(=O)OCc2ccccc2)O4)C(=O)c2cc(F)c(F)cc21. The second-order valence-electron chi connectivity index (χ2n) is 20.5. The Morgan fingerprint density at radius 3 is 0.898 bits per heavy atom. The lowest BCUT2D eigenvalue weighted by Crippen LogP contribution is -2.52. The Hall–Kier alpha value is -10.7. The molecule has 0 saturated carbocycles. The Balaban J connectivity index is 1.01. The van der Waals surface area contributed by atoms with Crippen LogP contribution in [0.5, 0.6) is 11.5 Å². The van der Waals surface area contributed by atoms with Crippen LogP contribution in [0.4, 0.5) is 17.6 Å². The van der Waals surface area contributed by atoms with E-state index in [9.17, 15) is 36.7 Å². The van der Waals surface area contributed by atoms with Gasteiger partial charge in [0.1, 0.15) is 37.9 Å². The predicted molar refractivity (Wildman–Crippen MR) is 309 cm³/mol. The summed E-state index contributed by atoms with van der Waals surface area (Å²) in [4.78, 5) is 117. The summed E-state index contributed by atoms with van der Waals surface area (Å²) in [6.07, 6.45) is 2.26. The van der Waals surface area contributed by atoms with Crippen LogP contribution in [-0.4, -0.2) is 47.0 Å². The van der Waals surface area contributed by atoms with Crippen molar-refractivity contribution in [3.63, 3.8) is 0 Å². The largest absolute Gasteiger partial charge is 0.459 e. The molecular weight excluding hydrogens is 1180 g/mol. The maximum atomic E-state index is 15.3. The van der Waals surface area contributed by atoms with Gasteiger partial charge >= 0.3 is 35.1 Å². The molecule has 4 heterocycles. The molecule has 434 valence electrons. The molecule has 0 unspecified atom stereocenters. The Labute approximate surface area is 503 Å². The van der Waals surface area contributed by atoms with Crippen LogP contribution in [-0.2, 0) is 75.8 Å². The maximum absolute atomic E-state index is 15.3. The van der Waals surface area contributed by atoms with Gasteiger partial charge in [-0.2, -0.15) is 0 Å². The second kappa shape index (κ2) is 22.3. The number of esters is 4. The van der Waals surface area contributed by atoms with Gasteiger partial charge in [-0.15, -0.1) is 22.7 Å². The van der Waals surface area contributed by atoms with Crippen LogP contribution in [0.15, 0.2) is 181 Å². The van der Waals surface area contributed by atoms with E-state index in [0.29, 0.717) is 46.5 Å². The number of carbonyl (C=O) groups excluding carboxylic acids is 8. The van der Waals surface area contributed by atoms with Gasteiger partial charge in [-0.3, -0.25) is 19.2 Å². The number of ketones is 4. The lowest BCUT2D eigenvalue weighted by Gasteiger charge is -2.37. The predicted octanol–water partition coefficient (Wildman–Crippen LogP) is 12.8. The number of ether oxygens (including phenoxy) is 6. The van der Waals surface area contributed by atoms with Gasteiger partial charge in [0.2, 0.25) is 0 Å². The molecule has 4 aliphatic rings. The molecule has 2 aliphatic carbocycles. The first-order valence-corrected chi connectivity index (χ1v) is 28.5. The number of allylic oxidation sites excluding steroid dienone is 2. The number of thiophene rings is 2. The van der Waals surface area contributed by atoms with Gasteiger partial charge in [0.15, 0.2) is 46.4 Å². The van der Waals surface area contributed by atoms with E-state index in [1.807, 2.05) is 0 Å². The molecule has 14 nitrogen and oxygen atoms in total. The molecule has 88 heavy (non-hydrogen) atoms. The molecule has 0 atom stereocenters.